The number of aliphatic hydroxyl groups is 1. The quantitative estimate of drug-likeness (QED) is 0.190. The molecule has 2 unspecified atom stereocenters. The molecule has 0 radical (unpaired) electrons. The van der Waals surface area contributed by atoms with Gasteiger partial charge in [-0.3, -0.25) is 9.69 Å². The Morgan fingerprint density at radius 3 is 2.16 bits per heavy atom. The van der Waals surface area contributed by atoms with Crippen LogP contribution >= 0.6 is 0 Å². The summed E-state index contributed by atoms with van der Waals surface area (Å²) in [6.45, 7) is 13.6. The van der Waals surface area contributed by atoms with Crippen LogP contribution in [0, 0.1) is 0 Å². The maximum Gasteiger partial charge on any atom is 0.410 e. The zero-order valence-corrected chi connectivity index (χ0v) is 27.3. The standard InChI is InChI=1S/C20H29NO6.C8H14O.C5H10O2/c1-14-11-16(26-15-9-7-6-8-10-15)12-24-13-17(18(22)25-14)21(5)19(23)27-20(2,3)4;9-7-6-8-4-2-1-3-5-8;1-5(2,3)7-4-6/h6-10,14,16-17H,11-13H2,1-5H3;6,9H,1-5,7H2;4H,1-3H3/t14?,16?,17-;;/m0../s1. The summed E-state index contributed by atoms with van der Waals surface area (Å²) in [5, 5.41) is 8.54. The second kappa shape index (κ2) is 19.2. The average Bonchev–Trinajstić information content (AvgIpc) is 2.97. The molecule has 2 fully saturated rings. The van der Waals surface area contributed by atoms with Crippen molar-refractivity contribution in [3.8, 4) is 5.75 Å². The number of benzene rings is 1. The van der Waals surface area contributed by atoms with Gasteiger partial charge in [0.1, 0.15) is 29.2 Å². The molecule has 244 valence electrons. The van der Waals surface area contributed by atoms with Crippen molar-refractivity contribution in [2.45, 2.75) is 116 Å². The van der Waals surface area contributed by atoms with Gasteiger partial charge in [-0.25, -0.2) is 9.59 Å². The topological polar surface area (TPSA) is 121 Å². The molecular weight excluding hydrogens is 554 g/mol. The van der Waals surface area contributed by atoms with E-state index in [2.05, 4.69) is 4.74 Å². The monoisotopic (exact) mass is 607 g/mol. The van der Waals surface area contributed by atoms with E-state index in [9.17, 15) is 14.4 Å². The average molecular weight is 608 g/mol. The third kappa shape index (κ3) is 17.6. The van der Waals surface area contributed by atoms with Gasteiger partial charge < -0.3 is 28.8 Å². The minimum atomic E-state index is -0.877. The van der Waals surface area contributed by atoms with Gasteiger partial charge in [-0.1, -0.05) is 36.3 Å². The first kappa shape index (κ1) is 37.9. The molecule has 1 aliphatic heterocycles. The maximum atomic E-state index is 12.5. The fraction of sp³-hybridized carbons (Fsp3) is 0.667. The Labute approximate surface area is 257 Å². The van der Waals surface area contributed by atoms with Crippen LogP contribution in [0.2, 0.25) is 0 Å². The van der Waals surface area contributed by atoms with Crippen LogP contribution in [-0.4, -0.2) is 84.9 Å². The largest absolute Gasteiger partial charge is 0.488 e. The van der Waals surface area contributed by atoms with Gasteiger partial charge in [-0.2, -0.15) is 0 Å². The van der Waals surface area contributed by atoms with Crippen molar-refractivity contribution in [2.24, 2.45) is 0 Å². The van der Waals surface area contributed by atoms with Crippen LogP contribution in [-0.2, 0) is 28.5 Å². The SMILES string of the molecule is CC(C)(C)OC=O.CC1CC(Oc2ccccc2)COC[C@H](N(C)C(=O)OC(C)(C)C)C(=O)O1.OCC=C1CCCCC1. The van der Waals surface area contributed by atoms with Gasteiger partial charge in [0.05, 0.1) is 19.8 Å². The molecule has 1 saturated carbocycles. The normalized spacial score (nSPS) is 21.0. The highest BCUT2D eigenvalue weighted by atomic mass is 16.6. The highest BCUT2D eigenvalue weighted by Gasteiger charge is 2.34. The highest BCUT2D eigenvalue weighted by molar-refractivity contribution is 5.81. The Hall–Kier alpha value is -3.11. The first-order valence-electron chi connectivity index (χ1n) is 15.0. The molecule has 1 heterocycles. The molecule has 1 aromatic rings. The van der Waals surface area contributed by atoms with Crippen LogP contribution in [0.3, 0.4) is 0 Å². The maximum absolute atomic E-state index is 12.5. The van der Waals surface area contributed by atoms with E-state index in [0.29, 0.717) is 12.9 Å². The van der Waals surface area contributed by atoms with E-state index >= 15 is 0 Å². The van der Waals surface area contributed by atoms with E-state index < -0.39 is 23.7 Å². The Morgan fingerprint density at radius 1 is 1.02 bits per heavy atom. The van der Waals surface area contributed by atoms with Gasteiger partial charge >= 0.3 is 12.1 Å². The first-order valence-corrected chi connectivity index (χ1v) is 15.0. The van der Waals surface area contributed by atoms with Crippen LogP contribution in [0.4, 0.5) is 4.79 Å². The molecule has 3 atom stereocenters. The number of likely N-dealkylation sites (N-methyl/N-ethyl adjacent to an activating group) is 1. The molecule has 0 bridgehead atoms. The van der Waals surface area contributed by atoms with Crippen LogP contribution in [0.5, 0.6) is 5.75 Å². The van der Waals surface area contributed by atoms with Gasteiger partial charge in [-0.05, 0) is 86.3 Å². The number of cyclic esters (lactones) is 1. The van der Waals surface area contributed by atoms with Crippen molar-refractivity contribution < 1.29 is 43.2 Å². The zero-order valence-electron chi connectivity index (χ0n) is 27.3. The predicted molar refractivity (Wildman–Crippen MR) is 165 cm³/mol. The number of allylic oxidation sites excluding steroid dienone is 1. The van der Waals surface area contributed by atoms with Crippen molar-refractivity contribution in [3.63, 3.8) is 0 Å². The zero-order chi connectivity index (χ0) is 32.5. The Kier molecular flexibility index (Phi) is 17.0. The number of aliphatic hydroxyl groups excluding tert-OH is 1. The number of hydrogen-bond donors (Lipinski definition) is 1. The number of hydrogen-bond acceptors (Lipinski definition) is 9. The Morgan fingerprint density at radius 2 is 1.65 bits per heavy atom. The third-order valence-electron chi connectivity index (χ3n) is 6.24. The molecule has 0 spiro atoms. The molecule has 10 nitrogen and oxygen atoms in total. The molecule has 43 heavy (non-hydrogen) atoms. The molecule has 1 saturated heterocycles. The van der Waals surface area contributed by atoms with Crippen LogP contribution in [0.25, 0.3) is 0 Å². The molecule has 3 rings (SSSR count). The minimum Gasteiger partial charge on any atom is -0.488 e. The summed E-state index contributed by atoms with van der Waals surface area (Å²) < 4.78 is 27.0. The molecule has 2 aliphatic rings. The van der Waals surface area contributed by atoms with E-state index in [4.69, 9.17) is 24.1 Å². The number of carbonyl (C=O) groups excluding carboxylic acids is 3. The molecule has 1 aromatic carbocycles. The molecule has 10 heteroatoms. The van der Waals surface area contributed by atoms with Gasteiger partial charge in [0.25, 0.3) is 6.47 Å². The van der Waals surface area contributed by atoms with Gasteiger partial charge in [-0.15, -0.1) is 0 Å². The lowest BCUT2D eigenvalue weighted by Crippen LogP contribution is -2.48. The fourth-order valence-electron chi connectivity index (χ4n) is 4.13. The second-order valence-corrected chi connectivity index (χ2v) is 12.6. The number of ether oxygens (including phenoxy) is 5. The summed E-state index contributed by atoms with van der Waals surface area (Å²) in [6, 6.07) is 8.54. The summed E-state index contributed by atoms with van der Waals surface area (Å²) >= 11 is 0. The van der Waals surface area contributed by atoms with Crippen LogP contribution in [0.15, 0.2) is 42.0 Å². The summed E-state index contributed by atoms with van der Waals surface area (Å²) in [4.78, 5) is 35.6. The number of para-hydroxylation sites is 1. The van der Waals surface area contributed by atoms with E-state index in [1.807, 2.05) is 57.2 Å². The van der Waals surface area contributed by atoms with Crippen molar-refractivity contribution in [3.05, 3.63) is 42.0 Å². The molecule has 0 aromatic heterocycles. The molecule has 1 N–H and O–H groups in total. The number of nitrogens with zero attached hydrogens (tertiary/aromatic N) is 1. The van der Waals surface area contributed by atoms with Crippen molar-refractivity contribution in [1.29, 1.82) is 0 Å². The smallest absolute Gasteiger partial charge is 0.410 e. The highest BCUT2D eigenvalue weighted by Crippen LogP contribution is 2.22. The number of esters is 1. The summed E-state index contributed by atoms with van der Waals surface area (Å²) in [6.07, 6.45) is 7.68. The van der Waals surface area contributed by atoms with Gasteiger partial charge in [0, 0.05) is 13.5 Å². The van der Waals surface area contributed by atoms with E-state index in [-0.39, 0.29) is 37.6 Å². The Bertz CT molecular complexity index is 974. The van der Waals surface area contributed by atoms with Crippen molar-refractivity contribution in [1.82, 2.24) is 4.90 Å². The molecule has 1 aliphatic carbocycles. The molecular formula is C33H53NO9. The van der Waals surface area contributed by atoms with E-state index in [1.54, 1.807) is 27.7 Å². The minimum absolute atomic E-state index is 0.00987. The van der Waals surface area contributed by atoms with E-state index in [0.717, 1.165) is 5.75 Å². The summed E-state index contributed by atoms with van der Waals surface area (Å²) in [5.41, 5.74) is 0.488. The number of carbonyl (C=O) groups is 3. The van der Waals surface area contributed by atoms with Crippen LogP contribution < -0.4 is 4.74 Å². The Balaban J connectivity index is 0.000000469. The van der Waals surface area contributed by atoms with Crippen LogP contribution in [0.1, 0.15) is 87.0 Å². The third-order valence-corrected chi connectivity index (χ3v) is 6.24. The van der Waals surface area contributed by atoms with E-state index in [1.165, 1.54) is 49.6 Å². The van der Waals surface area contributed by atoms with Crippen molar-refractivity contribution in [2.75, 3.05) is 26.9 Å². The lowest BCUT2D eigenvalue weighted by atomic mass is 9.95. The summed E-state index contributed by atoms with van der Waals surface area (Å²) in [7, 11) is 1.50. The summed E-state index contributed by atoms with van der Waals surface area (Å²) in [5.74, 6) is 0.211. The lowest BCUT2D eigenvalue weighted by Gasteiger charge is -2.29. The predicted octanol–water partition coefficient (Wildman–Crippen LogP) is 5.85. The fourth-order valence-corrected chi connectivity index (χ4v) is 4.13. The van der Waals surface area contributed by atoms with Crippen molar-refractivity contribution >= 4 is 18.5 Å². The number of rotatable bonds is 5. The lowest BCUT2D eigenvalue weighted by molar-refractivity contribution is -0.155. The van der Waals surface area contributed by atoms with Gasteiger partial charge in [0.2, 0.25) is 0 Å². The van der Waals surface area contributed by atoms with Gasteiger partial charge in [0.15, 0.2) is 6.04 Å². The number of amides is 1. The second-order valence-electron chi connectivity index (χ2n) is 12.6. The first-order chi connectivity index (χ1) is 20.1. The molecule has 1 amide bonds.